The maximum absolute atomic E-state index is 12.4. The molecule has 2 aromatic rings. The predicted octanol–water partition coefficient (Wildman–Crippen LogP) is 4.00. The van der Waals surface area contributed by atoms with Crippen LogP contribution in [0.5, 0.6) is 0 Å². The monoisotopic (exact) mass is 453 g/mol. The highest BCUT2D eigenvalue weighted by atomic mass is 79.9. The van der Waals surface area contributed by atoms with Crippen LogP contribution < -0.4 is 4.72 Å². The van der Waals surface area contributed by atoms with Crippen molar-refractivity contribution in [3.63, 3.8) is 0 Å². The Morgan fingerprint density at radius 3 is 2.62 bits per heavy atom. The molecule has 1 aromatic carbocycles. The first-order valence-corrected chi connectivity index (χ1v) is 9.98. The molecule has 0 saturated carbocycles. The average molecular weight is 455 g/mol. The largest absolute Gasteiger partial charge is 0.396 e. The lowest BCUT2D eigenvalue weighted by atomic mass is 10.1. The van der Waals surface area contributed by atoms with Gasteiger partial charge in [-0.15, -0.1) is 11.3 Å². The summed E-state index contributed by atoms with van der Waals surface area (Å²) in [6, 6.07) is 8.75. The molecule has 0 spiro atoms. The minimum atomic E-state index is -3.63. The first-order valence-electron chi connectivity index (χ1n) is 6.10. The fourth-order valence-electron chi connectivity index (χ4n) is 1.79. The number of nitrogens with one attached hydrogen (secondary N) is 1. The first-order chi connectivity index (χ1) is 9.92. The topological polar surface area (TPSA) is 66.4 Å². The maximum atomic E-state index is 12.4. The van der Waals surface area contributed by atoms with Crippen LogP contribution >= 0.6 is 43.2 Å². The van der Waals surface area contributed by atoms with E-state index < -0.39 is 10.0 Å². The van der Waals surface area contributed by atoms with Gasteiger partial charge in [0.25, 0.3) is 10.0 Å². The molecule has 114 valence electrons. The molecular weight excluding hydrogens is 442 g/mol. The van der Waals surface area contributed by atoms with Crippen LogP contribution in [-0.4, -0.2) is 20.1 Å². The normalized spacial score (nSPS) is 11.6. The molecule has 0 aliphatic rings. The number of rotatable bonds is 6. The molecule has 0 amide bonds. The van der Waals surface area contributed by atoms with E-state index in [0.717, 1.165) is 9.35 Å². The zero-order valence-electron chi connectivity index (χ0n) is 10.8. The summed E-state index contributed by atoms with van der Waals surface area (Å²) < 4.78 is 28.6. The lowest BCUT2D eigenvalue weighted by Crippen LogP contribution is -2.12. The second kappa shape index (κ2) is 7.23. The van der Waals surface area contributed by atoms with Crippen molar-refractivity contribution in [1.29, 1.82) is 0 Å². The number of halogens is 2. The smallest absolute Gasteiger partial charge is 0.263 e. The lowest BCUT2D eigenvalue weighted by Gasteiger charge is -2.09. The molecule has 0 aliphatic heterocycles. The number of aliphatic hydroxyl groups excluding tert-OH is 1. The van der Waals surface area contributed by atoms with Crippen molar-refractivity contribution in [3.8, 4) is 0 Å². The summed E-state index contributed by atoms with van der Waals surface area (Å²) in [5, 5.41) is 8.84. The Kier molecular flexibility index (Phi) is 5.84. The Labute approximate surface area is 144 Å². The first kappa shape index (κ1) is 17.0. The SMILES string of the molecule is O=S(=O)(Nc1cccc(CCCO)c1)c1cc(Br)sc1Br. The third kappa shape index (κ3) is 4.53. The minimum absolute atomic E-state index is 0.117. The Morgan fingerprint density at radius 1 is 1.24 bits per heavy atom. The number of aryl methyl sites for hydroxylation is 1. The molecule has 2 N–H and O–H groups in total. The second-order valence-corrected chi connectivity index (χ2v) is 9.72. The van der Waals surface area contributed by atoms with Gasteiger partial charge in [0.2, 0.25) is 0 Å². The van der Waals surface area contributed by atoms with Gasteiger partial charge in [0.05, 0.1) is 7.57 Å². The van der Waals surface area contributed by atoms with E-state index in [1.807, 2.05) is 6.07 Å². The minimum Gasteiger partial charge on any atom is -0.396 e. The van der Waals surface area contributed by atoms with Gasteiger partial charge in [-0.05, 0) is 68.5 Å². The fraction of sp³-hybridized carbons (Fsp3) is 0.231. The Balaban J connectivity index is 2.22. The van der Waals surface area contributed by atoms with Gasteiger partial charge in [0.15, 0.2) is 0 Å². The standard InChI is InChI=1S/C13H13Br2NO3S2/c14-12-8-11(13(15)20-12)21(18,19)16-10-5-1-3-9(7-10)4-2-6-17/h1,3,5,7-8,16-17H,2,4,6H2. The number of hydrogen-bond acceptors (Lipinski definition) is 4. The van der Waals surface area contributed by atoms with Gasteiger partial charge in [0, 0.05) is 12.3 Å². The van der Waals surface area contributed by atoms with Gasteiger partial charge in [0.1, 0.15) is 4.90 Å². The van der Waals surface area contributed by atoms with Gasteiger partial charge < -0.3 is 5.11 Å². The highest BCUT2D eigenvalue weighted by molar-refractivity contribution is 9.12. The third-order valence-corrected chi connectivity index (χ3v) is 6.85. The highest BCUT2D eigenvalue weighted by Gasteiger charge is 2.20. The Bertz CT molecular complexity index is 729. The van der Waals surface area contributed by atoms with Crippen LogP contribution in [0.4, 0.5) is 5.69 Å². The average Bonchev–Trinajstić information content (AvgIpc) is 2.76. The number of sulfonamides is 1. The van der Waals surface area contributed by atoms with Crippen LogP contribution in [0.15, 0.2) is 42.8 Å². The molecule has 1 aromatic heterocycles. The van der Waals surface area contributed by atoms with E-state index in [-0.39, 0.29) is 11.5 Å². The number of thiophene rings is 1. The summed E-state index contributed by atoms with van der Waals surface area (Å²) in [5.41, 5.74) is 1.49. The van der Waals surface area contributed by atoms with E-state index in [1.165, 1.54) is 11.3 Å². The van der Waals surface area contributed by atoms with Crippen LogP contribution in [0.3, 0.4) is 0 Å². The maximum Gasteiger partial charge on any atom is 0.263 e. The summed E-state index contributed by atoms with van der Waals surface area (Å²) in [5.74, 6) is 0. The summed E-state index contributed by atoms with van der Waals surface area (Å²) >= 11 is 7.84. The molecule has 21 heavy (non-hydrogen) atoms. The molecule has 0 radical (unpaired) electrons. The van der Waals surface area contributed by atoms with Gasteiger partial charge >= 0.3 is 0 Å². The molecule has 0 atom stereocenters. The van der Waals surface area contributed by atoms with Crippen LogP contribution in [0.25, 0.3) is 0 Å². The Hall–Kier alpha value is -0.410. The van der Waals surface area contributed by atoms with E-state index in [4.69, 9.17) is 5.11 Å². The molecule has 4 nitrogen and oxygen atoms in total. The van der Waals surface area contributed by atoms with Crippen LogP contribution in [-0.2, 0) is 16.4 Å². The van der Waals surface area contributed by atoms with Crippen molar-refractivity contribution < 1.29 is 13.5 Å². The van der Waals surface area contributed by atoms with Gasteiger partial charge in [-0.3, -0.25) is 4.72 Å². The van der Waals surface area contributed by atoms with Crippen molar-refractivity contribution >= 4 is 58.9 Å². The Morgan fingerprint density at radius 2 is 2.00 bits per heavy atom. The van der Waals surface area contributed by atoms with Crippen molar-refractivity contribution in [3.05, 3.63) is 43.5 Å². The number of hydrogen-bond donors (Lipinski definition) is 2. The number of anilines is 1. The van der Waals surface area contributed by atoms with Crippen molar-refractivity contribution in [1.82, 2.24) is 0 Å². The highest BCUT2D eigenvalue weighted by Crippen LogP contribution is 2.35. The second-order valence-electron chi connectivity index (χ2n) is 4.32. The molecule has 0 aliphatic carbocycles. The molecular formula is C13H13Br2NO3S2. The molecule has 0 unspecified atom stereocenters. The van der Waals surface area contributed by atoms with Crippen LogP contribution in [0.2, 0.25) is 0 Å². The quantitative estimate of drug-likeness (QED) is 0.693. The van der Waals surface area contributed by atoms with Crippen molar-refractivity contribution in [2.24, 2.45) is 0 Å². The predicted molar refractivity (Wildman–Crippen MR) is 92.4 cm³/mol. The van der Waals surface area contributed by atoms with E-state index >= 15 is 0 Å². The van der Waals surface area contributed by atoms with E-state index in [2.05, 4.69) is 36.6 Å². The molecule has 0 fully saturated rings. The lowest BCUT2D eigenvalue weighted by molar-refractivity contribution is 0.288. The zero-order valence-corrected chi connectivity index (χ0v) is 15.6. The third-order valence-electron chi connectivity index (χ3n) is 2.72. The van der Waals surface area contributed by atoms with Crippen LogP contribution in [0.1, 0.15) is 12.0 Å². The summed E-state index contributed by atoms with van der Waals surface area (Å²) in [6.07, 6.45) is 1.36. The zero-order chi connectivity index (χ0) is 15.5. The summed E-state index contributed by atoms with van der Waals surface area (Å²) in [6.45, 7) is 0.117. The molecule has 0 bridgehead atoms. The fourth-order valence-corrected chi connectivity index (χ4v) is 6.65. The molecule has 0 saturated heterocycles. The van der Waals surface area contributed by atoms with E-state index in [9.17, 15) is 8.42 Å². The van der Waals surface area contributed by atoms with Crippen molar-refractivity contribution in [2.45, 2.75) is 17.7 Å². The molecule has 1 heterocycles. The van der Waals surface area contributed by atoms with Gasteiger partial charge in [-0.2, -0.15) is 0 Å². The van der Waals surface area contributed by atoms with Crippen molar-refractivity contribution in [2.75, 3.05) is 11.3 Å². The number of aliphatic hydroxyl groups is 1. The van der Waals surface area contributed by atoms with Crippen LogP contribution in [0, 0.1) is 0 Å². The van der Waals surface area contributed by atoms with E-state index in [1.54, 1.807) is 24.3 Å². The summed E-state index contributed by atoms with van der Waals surface area (Å²) in [7, 11) is -3.63. The van der Waals surface area contributed by atoms with E-state index in [0.29, 0.717) is 22.3 Å². The number of benzene rings is 1. The molecule has 8 heteroatoms. The molecule has 2 rings (SSSR count). The van der Waals surface area contributed by atoms with Gasteiger partial charge in [-0.1, -0.05) is 12.1 Å². The van der Waals surface area contributed by atoms with Gasteiger partial charge in [-0.25, -0.2) is 8.42 Å². The summed E-state index contributed by atoms with van der Waals surface area (Å²) in [4.78, 5) is 0.208.